The van der Waals surface area contributed by atoms with Crippen LogP contribution in [0.15, 0.2) is 47.7 Å². The van der Waals surface area contributed by atoms with Crippen molar-refractivity contribution in [2.75, 3.05) is 5.43 Å². The molecule has 0 atom stereocenters. The Kier molecular flexibility index (Phi) is 2.56. The van der Waals surface area contributed by atoms with Crippen molar-refractivity contribution in [3.05, 3.63) is 48.2 Å². The summed E-state index contributed by atoms with van der Waals surface area (Å²) >= 11 is 0. The van der Waals surface area contributed by atoms with Crippen LogP contribution in [0.5, 0.6) is 0 Å². The first-order valence-electron chi connectivity index (χ1n) is 4.28. The second kappa shape index (κ2) is 4.23. The summed E-state index contributed by atoms with van der Waals surface area (Å²) in [6.45, 7) is 0. The van der Waals surface area contributed by atoms with Crippen LogP contribution in [0.3, 0.4) is 0 Å². The van der Waals surface area contributed by atoms with Gasteiger partial charge in [-0.1, -0.05) is 30.3 Å². The van der Waals surface area contributed by atoms with Crippen LogP contribution in [0, 0.1) is 0 Å². The van der Waals surface area contributed by atoms with Gasteiger partial charge in [0.1, 0.15) is 5.82 Å². The molecule has 0 aliphatic carbocycles. The minimum Gasteiger partial charge on any atom is -0.262 e. The third kappa shape index (κ3) is 2.20. The number of aromatic nitrogens is 2. The lowest BCUT2D eigenvalue weighted by Crippen LogP contribution is -1.90. The van der Waals surface area contributed by atoms with Gasteiger partial charge in [-0.2, -0.15) is 10.2 Å². The number of benzene rings is 1. The van der Waals surface area contributed by atoms with Crippen LogP contribution in [0.2, 0.25) is 0 Å². The van der Waals surface area contributed by atoms with Gasteiger partial charge in [0, 0.05) is 6.07 Å². The molecule has 1 aromatic heterocycles. The number of nitrogens with one attached hydrogen (secondary N) is 2. The number of nitrogens with zero attached hydrogens (tertiary/aromatic N) is 2. The highest BCUT2D eigenvalue weighted by Crippen LogP contribution is 1.98. The molecule has 70 valence electrons. The van der Waals surface area contributed by atoms with Gasteiger partial charge < -0.3 is 0 Å². The molecule has 2 N–H and O–H groups in total. The topological polar surface area (TPSA) is 53.1 Å². The van der Waals surface area contributed by atoms with Crippen molar-refractivity contribution in [2.24, 2.45) is 5.10 Å². The molecule has 0 radical (unpaired) electrons. The molecular formula is C10H10N4. The summed E-state index contributed by atoms with van der Waals surface area (Å²) in [5, 5.41) is 10.6. The highest BCUT2D eigenvalue weighted by molar-refractivity contribution is 5.79. The molecular weight excluding hydrogens is 176 g/mol. The molecule has 0 unspecified atom stereocenters. The van der Waals surface area contributed by atoms with E-state index in [9.17, 15) is 0 Å². The summed E-state index contributed by atoms with van der Waals surface area (Å²) in [5.41, 5.74) is 3.88. The smallest absolute Gasteiger partial charge is 0.141 e. The molecule has 0 spiro atoms. The average molecular weight is 186 g/mol. The maximum Gasteiger partial charge on any atom is 0.141 e. The zero-order valence-electron chi connectivity index (χ0n) is 7.51. The summed E-state index contributed by atoms with van der Waals surface area (Å²) in [7, 11) is 0. The van der Waals surface area contributed by atoms with Gasteiger partial charge in [0.05, 0.1) is 12.4 Å². The Morgan fingerprint density at radius 3 is 2.79 bits per heavy atom. The van der Waals surface area contributed by atoms with Crippen LogP contribution < -0.4 is 5.43 Å². The molecule has 0 fully saturated rings. The Morgan fingerprint density at radius 1 is 1.21 bits per heavy atom. The molecule has 0 saturated heterocycles. The van der Waals surface area contributed by atoms with Crippen LogP contribution in [-0.4, -0.2) is 16.4 Å². The number of anilines is 1. The van der Waals surface area contributed by atoms with Crippen LogP contribution in [-0.2, 0) is 0 Å². The van der Waals surface area contributed by atoms with Crippen molar-refractivity contribution in [3.8, 4) is 0 Å². The Labute approximate surface area is 81.7 Å². The lowest BCUT2D eigenvalue weighted by atomic mass is 10.2. The second-order valence-corrected chi connectivity index (χ2v) is 2.75. The van der Waals surface area contributed by atoms with E-state index in [-0.39, 0.29) is 0 Å². The maximum atomic E-state index is 4.04. The average Bonchev–Trinajstić information content (AvgIpc) is 2.72. The second-order valence-electron chi connectivity index (χ2n) is 2.75. The van der Waals surface area contributed by atoms with Gasteiger partial charge in [-0.3, -0.25) is 10.5 Å². The molecule has 4 nitrogen and oxygen atoms in total. The normalized spacial score (nSPS) is 10.6. The molecule has 0 aliphatic rings. The van der Waals surface area contributed by atoms with Gasteiger partial charge in [-0.15, -0.1) is 0 Å². The number of hydrogen-bond acceptors (Lipinski definition) is 3. The zero-order chi connectivity index (χ0) is 9.64. The van der Waals surface area contributed by atoms with E-state index in [0.717, 1.165) is 11.4 Å². The van der Waals surface area contributed by atoms with Crippen molar-refractivity contribution >= 4 is 12.0 Å². The predicted molar refractivity (Wildman–Crippen MR) is 56.2 cm³/mol. The molecule has 4 heteroatoms. The lowest BCUT2D eigenvalue weighted by Gasteiger charge is -1.93. The standard InChI is InChI=1S/C10H10N4/c1-2-4-9(5-3-1)8-12-14-10-6-7-11-13-10/h1-8H,(H2,11,13,14). The van der Waals surface area contributed by atoms with Gasteiger partial charge in [0.15, 0.2) is 0 Å². The van der Waals surface area contributed by atoms with Gasteiger partial charge >= 0.3 is 0 Å². The number of rotatable bonds is 3. The van der Waals surface area contributed by atoms with Gasteiger partial charge in [0.2, 0.25) is 0 Å². The van der Waals surface area contributed by atoms with E-state index in [1.54, 1.807) is 12.4 Å². The first-order chi connectivity index (χ1) is 6.95. The summed E-state index contributed by atoms with van der Waals surface area (Å²) in [6.07, 6.45) is 3.42. The number of aromatic amines is 1. The number of H-pyrrole nitrogens is 1. The number of hydrogen-bond donors (Lipinski definition) is 2. The Morgan fingerprint density at radius 2 is 2.07 bits per heavy atom. The van der Waals surface area contributed by atoms with E-state index in [4.69, 9.17) is 0 Å². The Bertz CT molecular complexity index is 391. The van der Waals surface area contributed by atoms with Crippen LogP contribution >= 0.6 is 0 Å². The first-order valence-corrected chi connectivity index (χ1v) is 4.28. The van der Waals surface area contributed by atoms with E-state index in [2.05, 4.69) is 20.7 Å². The van der Waals surface area contributed by atoms with Crippen molar-refractivity contribution in [3.63, 3.8) is 0 Å². The molecule has 0 aliphatic heterocycles. The molecule has 1 heterocycles. The fourth-order valence-electron chi connectivity index (χ4n) is 1.03. The van der Waals surface area contributed by atoms with Gasteiger partial charge in [-0.05, 0) is 5.56 Å². The molecule has 0 bridgehead atoms. The highest BCUT2D eigenvalue weighted by atomic mass is 15.3. The minimum absolute atomic E-state index is 0.775. The molecule has 2 aromatic rings. The van der Waals surface area contributed by atoms with E-state index < -0.39 is 0 Å². The molecule has 0 saturated carbocycles. The van der Waals surface area contributed by atoms with Crippen molar-refractivity contribution in [2.45, 2.75) is 0 Å². The zero-order valence-corrected chi connectivity index (χ0v) is 7.51. The van der Waals surface area contributed by atoms with Crippen LogP contribution in [0.4, 0.5) is 5.82 Å². The van der Waals surface area contributed by atoms with Gasteiger partial charge in [-0.25, -0.2) is 0 Å². The fourth-order valence-corrected chi connectivity index (χ4v) is 1.03. The van der Waals surface area contributed by atoms with Gasteiger partial charge in [0.25, 0.3) is 0 Å². The van der Waals surface area contributed by atoms with E-state index >= 15 is 0 Å². The third-order valence-electron chi connectivity index (χ3n) is 1.70. The van der Waals surface area contributed by atoms with E-state index in [1.807, 2.05) is 36.4 Å². The largest absolute Gasteiger partial charge is 0.262 e. The van der Waals surface area contributed by atoms with E-state index in [0.29, 0.717) is 0 Å². The van der Waals surface area contributed by atoms with Crippen molar-refractivity contribution in [1.82, 2.24) is 10.2 Å². The Balaban J connectivity index is 1.96. The summed E-state index contributed by atoms with van der Waals surface area (Å²) in [5.74, 6) is 0.775. The number of hydrazone groups is 1. The van der Waals surface area contributed by atoms with Crippen molar-refractivity contribution < 1.29 is 0 Å². The predicted octanol–water partition coefficient (Wildman–Crippen LogP) is 1.86. The molecule has 14 heavy (non-hydrogen) atoms. The van der Waals surface area contributed by atoms with Crippen LogP contribution in [0.25, 0.3) is 0 Å². The monoisotopic (exact) mass is 186 g/mol. The highest BCUT2D eigenvalue weighted by Gasteiger charge is 1.87. The molecule has 0 amide bonds. The molecule has 1 aromatic carbocycles. The first kappa shape index (κ1) is 8.50. The molecule has 2 rings (SSSR count). The minimum atomic E-state index is 0.775. The lowest BCUT2D eigenvalue weighted by molar-refractivity contribution is 1.08. The maximum absolute atomic E-state index is 4.04. The van der Waals surface area contributed by atoms with Crippen molar-refractivity contribution in [1.29, 1.82) is 0 Å². The SMILES string of the molecule is C(=NNc1ccn[nH]1)c1ccccc1. The summed E-state index contributed by atoms with van der Waals surface area (Å²) in [6, 6.07) is 11.7. The quantitative estimate of drug-likeness (QED) is 0.567. The summed E-state index contributed by atoms with van der Waals surface area (Å²) in [4.78, 5) is 0. The third-order valence-corrected chi connectivity index (χ3v) is 1.70. The van der Waals surface area contributed by atoms with E-state index in [1.165, 1.54) is 0 Å². The fraction of sp³-hybridized carbons (Fsp3) is 0. The summed E-state index contributed by atoms with van der Waals surface area (Å²) < 4.78 is 0. The van der Waals surface area contributed by atoms with Crippen LogP contribution in [0.1, 0.15) is 5.56 Å². The Hall–Kier alpha value is -2.10.